The second-order valence-corrected chi connectivity index (χ2v) is 12.6. The number of benzene rings is 1. The second kappa shape index (κ2) is 8.51. The summed E-state index contributed by atoms with van der Waals surface area (Å²) in [6, 6.07) is 8.76. The molecular formula is C27H40BN3O4. The smallest absolute Gasteiger partial charge is 0.444 e. The summed E-state index contributed by atoms with van der Waals surface area (Å²) in [7, 11) is -0.363. The van der Waals surface area contributed by atoms with Crippen LogP contribution in [0.25, 0.3) is 0 Å². The SMILES string of the molecule is CC(C)(C)OC(=O)N1C2CCC(CC2)[C@H]1C1=NCC(c2ccc(B3OC(C)(C)C(C)(C)O3)cc2)N1. The van der Waals surface area contributed by atoms with Gasteiger partial charge in [0.1, 0.15) is 11.4 Å². The summed E-state index contributed by atoms with van der Waals surface area (Å²) in [5.41, 5.74) is 0.975. The lowest BCUT2D eigenvalue weighted by atomic mass is 9.74. The van der Waals surface area contributed by atoms with Crippen molar-refractivity contribution >= 4 is 24.5 Å². The van der Waals surface area contributed by atoms with Crippen LogP contribution in [0.2, 0.25) is 0 Å². The Hall–Kier alpha value is -2.06. The Morgan fingerprint density at radius 3 is 2.23 bits per heavy atom. The number of carbonyl (C=O) groups is 1. The highest BCUT2D eigenvalue weighted by atomic mass is 16.7. The van der Waals surface area contributed by atoms with E-state index in [-0.39, 0.29) is 42.5 Å². The van der Waals surface area contributed by atoms with Crippen LogP contribution < -0.4 is 10.8 Å². The molecule has 2 bridgehead atoms. The molecule has 0 radical (unpaired) electrons. The first-order chi connectivity index (χ1) is 16.3. The largest absolute Gasteiger partial charge is 0.494 e. The quantitative estimate of drug-likeness (QED) is 0.655. The standard InChI is InChI=1S/C27H40BN3O4/c1-25(2,3)33-24(32)31-20-14-10-18(11-15-20)22(31)23-29-16-21(30-23)17-8-12-19(13-9-17)28-34-26(4,5)27(6,7)35-28/h8-9,12-13,18,20-22H,10-11,14-16H2,1-7H3,(H,29,30)/t18?,20?,21?,22-/m0/s1. The first-order valence-electron chi connectivity index (χ1n) is 13.1. The van der Waals surface area contributed by atoms with Gasteiger partial charge in [-0.3, -0.25) is 9.89 Å². The van der Waals surface area contributed by atoms with Crippen LogP contribution in [0.4, 0.5) is 4.79 Å². The van der Waals surface area contributed by atoms with E-state index in [1.165, 1.54) is 5.56 Å². The molecule has 5 aliphatic rings. The van der Waals surface area contributed by atoms with E-state index in [0.717, 1.165) is 37.0 Å². The molecule has 1 unspecified atom stereocenters. The molecule has 1 saturated carbocycles. The molecule has 1 N–H and O–H groups in total. The van der Waals surface area contributed by atoms with Gasteiger partial charge in [-0.15, -0.1) is 0 Å². The van der Waals surface area contributed by atoms with Crippen molar-refractivity contribution in [2.45, 2.75) is 109 Å². The lowest BCUT2D eigenvalue weighted by Crippen LogP contribution is -2.62. The Morgan fingerprint density at radius 1 is 1.06 bits per heavy atom. The molecule has 6 rings (SSSR count). The van der Waals surface area contributed by atoms with Gasteiger partial charge in [-0.25, -0.2) is 4.79 Å². The number of amidine groups is 1. The van der Waals surface area contributed by atoms with E-state index < -0.39 is 5.60 Å². The number of nitrogens with zero attached hydrogens (tertiary/aromatic N) is 2. The van der Waals surface area contributed by atoms with Gasteiger partial charge >= 0.3 is 13.2 Å². The van der Waals surface area contributed by atoms with Crippen molar-refractivity contribution in [1.29, 1.82) is 0 Å². The molecule has 1 amide bonds. The molecule has 8 heteroatoms. The van der Waals surface area contributed by atoms with E-state index in [4.69, 9.17) is 19.0 Å². The van der Waals surface area contributed by atoms with Crippen LogP contribution in [0.15, 0.2) is 29.3 Å². The fraction of sp³-hybridized carbons (Fsp3) is 0.704. The average molecular weight is 481 g/mol. The van der Waals surface area contributed by atoms with Gasteiger partial charge in [0.25, 0.3) is 0 Å². The Bertz CT molecular complexity index is 977. The third kappa shape index (κ3) is 4.60. The summed E-state index contributed by atoms with van der Waals surface area (Å²) in [5, 5.41) is 3.66. The average Bonchev–Trinajstić information content (AvgIpc) is 3.35. The number of rotatable bonds is 3. The summed E-state index contributed by atoms with van der Waals surface area (Å²) >= 11 is 0. The van der Waals surface area contributed by atoms with Gasteiger partial charge in [-0.2, -0.15) is 0 Å². The maximum Gasteiger partial charge on any atom is 0.494 e. The van der Waals surface area contributed by atoms with Crippen LogP contribution in [-0.2, 0) is 14.0 Å². The Morgan fingerprint density at radius 2 is 1.66 bits per heavy atom. The monoisotopic (exact) mass is 481 g/mol. The predicted molar refractivity (Wildman–Crippen MR) is 138 cm³/mol. The molecule has 2 atom stereocenters. The summed E-state index contributed by atoms with van der Waals surface area (Å²) in [5.74, 6) is 1.37. The minimum absolute atomic E-state index is 0.0219. The molecule has 0 aromatic heterocycles. The van der Waals surface area contributed by atoms with Crippen molar-refractivity contribution in [2.75, 3.05) is 6.54 Å². The van der Waals surface area contributed by atoms with E-state index in [2.05, 4.69) is 57.3 Å². The number of fused-ring (bicyclic) bond motifs is 3. The lowest BCUT2D eigenvalue weighted by Gasteiger charge is -2.51. The van der Waals surface area contributed by atoms with Gasteiger partial charge in [0.15, 0.2) is 0 Å². The van der Waals surface area contributed by atoms with Gasteiger partial charge in [0.2, 0.25) is 0 Å². The number of nitrogens with one attached hydrogen (secondary N) is 1. The minimum Gasteiger partial charge on any atom is -0.444 e. The maximum atomic E-state index is 13.2. The van der Waals surface area contributed by atoms with Crippen LogP contribution in [0.5, 0.6) is 0 Å². The first kappa shape index (κ1) is 24.6. The molecule has 4 heterocycles. The maximum absolute atomic E-state index is 13.2. The number of carbonyl (C=O) groups excluding carboxylic acids is 1. The van der Waals surface area contributed by atoms with Gasteiger partial charge in [-0.05, 0) is 91.1 Å². The predicted octanol–water partition coefficient (Wildman–Crippen LogP) is 4.21. The number of amides is 1. The zero-order valence-corrected chi connectivity index (χ0v) is 22.3. The first-order valence-corrected chi connectivity index (χ1v) is 13.1. The number of ether oxygens (including phenoxy) is 1. The highest BCUT2D eigenvalue weighted by Crippen LogP contribution is 2.42. The summed E-state index contributed by atoms with van der Waals surface area (Å²) in [6.07, 6.45) is 4.18. The van der Waals surface area contributed by atoms with Gasteiger partial charge in [0, 0.05) is 6.04 Å². The van der Waals surface area contributed by atoms with E-state index in [1.54, 1.807) is 0 Å². The molecule has 35 heavy (non-hydrogen) atoms. The van der Waals surface area contributed by atoms with Crippen molar-refractivity contribution in [1.82, 2.24) is 10.2 Å². The van der Waals surface area contributed by atoms with Crippen molar-refractivity contribution in [3.05, 3.63) is 29.8 Å². The molecule has 190 valence electrons. The Balaban J connectivity index is 1.28. The van der Waals surface area contributed by atoms with Crippen molar-refractivity contribution in [3.63, 3.8) is 0 Å². The number of piperidine rings is 2. The summed E-state index contributed by atoms with van der Waals surface area (Å²) in [4.78, 5) is 20.1. The molecular weight excluding hydrogens is 441 g/mol. The third-order valence-electron chi connectivity index (χ3n) is 8.40. The number of aliphatic imine (C=N–C) groups is 1. The van der Waals surface area contributed by atoms with E-state index in [1.807, 2.05) is 25.7 Å². The van der Waals surface area contributed by atoms with Crippen LogP contribution in [-0.4, -0.2) is 59.4 Å². The van der Waals surface area contributed by atoms with Crippen molar-refractivity contribution in [3.8, 4) is 0 Å². The number of hydrogen-bond acceptors (Lipinski definition) is 6. The molecule has 7 nitrogen and oxygen atoms in total. The van der Waals surface area contributed by atoms with Crippen LogP contribution in [0, 0.1) is 5.92 Å². The minimum atomic E-state index is -0.509. The van der Waals surface area contributed by atoms with E-state index in [0.29, 0.717) is 12.5 Å². The van der Waals surface area contributed by atoms with Crippen LogP contribution >= 0.6 is 0 Å². The molecule has 1 aromatic carbocycles. The second-order valence-electron chi connectivity index (χ2n) is 12.6. The summed E-state index contributed by atoms with van der Waals surface area (Å²) < 4.78 is 18.2. The van der Waals surface area contributed by atoms with Crippen LogP contribution in [0.3, 0.4) is 0 Å². The van der Waals surface area contributed by atoms with Crippen molar-refractivity contribution in [2.24, 2.45) is 10.9 Å². The van der Waals surface area contributed by atoms with E-state index in [9.17, 15) is 4.79 Å². The zero-order chi connectivity index (χ0) is 25.2. The molecule has 1 aliphatic carbocycles. The molecule has 4 aliphatic heterocycles. The molecule has 4 fully saturated rings. The topological polar surface area (TPSA) is 72.4 Å². The fourth-order valence-electron chi connectivity index (χ4n) is 5.77. The third-order valence-corrected chi connectivity index (χ3v) is 8.40. The van der Waals surface area contributed by atoms with Crippen LogP contribution in [0.1, 0.15) is 85.8 Å². The highest BCUT2D eigenvalue weighted by Gasteiger charge is 2.52. The Kier molecular flexibility index (Phi) is 5.99. The molecule has 1 aromatic rings. The normalized spacial score (nSPS) is 31.3. The molecule has 0 spiro atoms. The lowest BCUT2D eigenvalue weighted by molar-refractivity contribution is -0.0251. The Labute approximate surface area is 210 Å². The zero-order valence-electron chi connectivity index (χ0n) is 22.3. The fourth-order valence-corrected chi connectivity index (χ4v) is 5.77. The highest BCUT2D eigenvalue weighted by molar-refractivity contribution is 6.62. The summed E-state index contributed by atoms with van der Waals surface area (Å²) in [6.45, 7) is 14.7. The van der Waals surface area contributed by atoms with Gasteiger partial charge < -0.3 is 19.4 Å². The van der Waals surface area contributed by atoms with E-state index >= 15 is 0 Å². The number of hydrogen-bond donors (Lipinski definition) is 1. The van der Waals surface area contributed by atoms with Crippen molar-refractivity contribution < 1.29 is 18.8 Å². The van der Waals surface area contributed by atoms with Gasteiger partial charge in [-0.1, -0.05) is 24.3 Å². The molecule has 3 saturated heterocycles. The van der Waals surface area contributed by atoms with Gasteiger partial charge in [0.05, 0.1) is 29.8 Å².